The molecule has 0 unspecified atom stereocenters. The molecule has 20 heavy (non-hydrogen) atoms. The van der Waals surface area contributed by atoms with Crippen LogP contribution in [0.2, 0.25) is 0 Å². The Hall–Kier alpha value is -1.03. The second kappa shape index (κ2) is 5.06. The standard InChI is InChI=1S/C11H15FN2O4S2/c1-19(15,16)11-3-2-9(6-10(11)12)20(17,18)14-5-4-8(13)7-14/h2-3,6,8H,4-5,7,13H2,1H3/t8-/m1/s1. The van der Waals surface area contributed by atoms with E-state index < -0.39 is 30.6 Å². The molecule has 1 aromatic rings. The second-order valence-corrected chi connectivity index (χ2v) is 8.70. The van der Waals surface area contributed by atoms with E-state index in [-0.39, 0.29) is 24.0 Å². The van der Waals surface area contributed by atoms with E-state index >= 15 is 0 Å². The van der Waals surface area contributed by atoms with Gasteiger partial charge in [-0.05, 0) is 24.6 Å². The van der Waals surface area contributed by atoms with E-state index in [0.717, 1.165) is 24.5 Å². The van der Waals surface area contributed by atoms with Gasteiger partial charge in [0.2, 0.25) is 10.0 Å². The van der Waals surface area contributed by atoms with Crippen LogP contribution in [0, 0.1) is 5.82 Å². The van der Waals surface area contributed by atoms with Crippen LogP contribution in [0.4, 0.5) is 4.39 Å². The number of nitrogens with zero attached hydrogens (tertiary/aromatic N) is 1. The fraction of sp³-hybridized carbons (Fsp3) is 0.455. The lowest BCUT2D eigenvalue weighted by Gasteiger charge is -2.16. The molecule has 1 saturated heterocycles. The molecule has 0 spiro atoms. The van der Waals surface area contributed by atoms with Gasteiger partial charge < -0.3 is 5.73 Å². The Bertz CT molecular complexity index is 731. The Kier molecular flexibility index (Phi) is 3.89. The van der Waals surface area contributed by atoms with E-state index in [9.17, 15) is 21.2 Å². The summed E-state index contributed by atoms with van der Waals surface area (Å²) in [5.74, 6) is -1.07. The first-order valence-corrected chi connectivity index (χ1v) is 9.21. The van der Waals surface area contributed by atoms with E-state index in [1.807, 2.05) is 0 Å². The smallest absolute Gasteiger partial charge is 0.243 e. The lowest BCUT2D eigenvalue weighted by Crippen LogP contribution is -2.32. The SMILES string of the molecule is CS(=O)(=O)c1ccc(S(=O)(=O)N2CC[C@@H](N)C2)cc1F. The summed E-state index contributed by atoms with van der Waals surface area (Å²) >= 11 is 0. The van der Waals surface area contributed by atoms with E-state index in [1.54, 1.807) is 0 Å². The van der Waals surface area contributed by atoms with Gasteiger partial charge in [0.1, 0.15) is 10.7 Å². The normalized spacial score (nSPS) is 21.2. The Labute approximate surface area is 117 Å². The van der Waals surface area contributed by atoms with Crippen LogP contribution in [0.25, 0.3) is 0 Å². The minimum atomic E-state index is -3.84. The molecule has 0 aromatic heterocycles. The van der Waals surface area contributed by atoms with Crippen molar-refractivity contribution in [2.24, 2.45) is 5.73 Å². The number of sulfonamides is 1. The maximum Gasteiger partial charge on any atom is 0.243 e. The predicted molar refractivity (Wildman–Crippen MR) is 70.9 cm³/mol. The molecular weight excluding hydrogens is 307 g/mol. The molecule has 1 atom stereocenters. The summed E-state index contributed by atoms with van der Waals surface area (Å²) < 4.78 is 62.0. The largest absolute Gasteiger partial charge is 0.326 e. The molecule has 0 bridgehead atoms. The first-order valence-electron chi connectivity index (χ1n) is 5.88. The van der Waals surface area contributed by atoms with Crippen LogP contribution in [-0.4, -0.2) is 46.5 Å². The molecule has 1 aliphatic heterocycles. The van der Waals surface area contributed by atoms with Crippen molar-refractivity contribution in [2.75, 3.05) is 19.3 Å². The van der Waals surface area contributed by atoms with Crippen LogP contribution < -0.4 is 5.73 Å². The molecule has 0 saturated carbocycles. The summed E-state index contributed by atoms with van der Waals surface area (Å²) in [4.78, 5) is -0.786. The van der Waals surface area contributed by atoms with Gasteiger partial charge in [-0.3, -0.25) is 0 Å². The molecule has 1 heterocycles. The molecule has 1 aliphatic rings. The van der Waals surface area contributed by atoms with E-state index in [4.69, 9.17) is 5.73 Å². The first-order chi connectivity index (χ1) is 9.12. The summed E-state index contributed by atoms with van der Waals surface area (Å²) in [6.45, 7) is 0.455. The van der Waals surface area contributed by atoms with Crippen LogP contribution in [0.5, 0.6) is 0 Å². The molecule has 9 heteroatoms. The number of hydrogen-bond donors (Lipinski definition) is 1. The van der Waals surface area contributed by atoms with Crippen molar-refractivity contribution in [3.8, 4) is 0 Å². The average molecular weight is 322 g/mol. The van der Waals surface area contributed by atoms with E-state index in [2.05, 4.69) is 0 Å². The van der Waals surface area contributed by atoms with Gasteiger partial charge in [0.25, 0.3) is 0 Å². The fourth-order valence-electron chi connectivity index (χ4n) is 2.06. The van der Waals surface area contributed by atoms with Gasteiger partial charge >= 0.3 is 0 Å². The van der Waals surface area contributed by atoms with Crippen LogP contribution in [-0.2, 0) is 19.9 Å². The molecule has 0 aliphatic carbocycles. The van der Waals surface area contributed by atoms with Crippen LogP contribution in [0.1, 0.15) is 6.42 Å². The molecule has 2 N–H and O–H groups in total. The van der Waals surface area contributed by atoms with E-state index in [1.165, 1.54) is 4.31 Å². The summed E-state index contributed by atoms with van der Waals surface area (Å²) in [5, 5.41) is 0. The Balaban J connectivity index is 2.42. The molecule has 112 valence electrons. The maximum atomic E-state index is 13.8. The highest BCUT2D eigenvalue weighted by Gasteiger charge is 2.31. The van der Waals surface area contributed by atoms with Crippen molar-refractivity contribution >= 4 is 19.9 Å². The quantitative estimate of drug-likeness (QED) is 0.841. The van der Waals surface area contributed by atoms with Crippen molar-refractivity contribution in [2.45, 2.75) is 22.3 Å². The molecule has 1 fully saturated rings. The van der Waals surface area contributed by atoms with Gasteiger partial charge in [-0.25, -0.2) is 21.2 Å². The molecule has 2 rings (SSSR count). The first kappa shape index (κ1) is 15.4. The fourth-order valence-corrected chi connectivity index (χ4v) is 4.32. The summed E-state index contributed by atoms with van der Waals surface area (Å²) in [7, 11) is -7.56. The highest BCUT2D eigenvalue weighted by Crippen LogP contribution is 2.24. The van der Waals surface area contributed by atoms with Crippen molar-refractivity contribution in [1.29, 1.82) is 0 Å². The molecule has 1 aromatic carbocycles. The van der Waals surface area contributed by atoms with Crippen LogP contribution >= 0.6 is 0 Å². The third-order valence-corrected chi connectivity index (χ3v) is 6.12. The molecule has 6 nitrogen and oxygen atoms in total. The lowest BCUT2D eigenvalue weighted by molar-refractivity contribution is 0.471. The van der Waals surface area contributed by atoms with Crippen LogP contribution in [0.3, 0.4) is 0 Å². The van der Waals surface area contributed by atoms with Crippen LogP contribution in [0.15, 0.2) is 28.0 Å². The number of benzene rings is 1. The number of halogens is 1. The Morgan fingerprint density at radius 2 is 1.95 bits per heavy atom. The molecule has 0 amide bonds. The molecule has 0 radical (unpaired) electrons. The van der Waals surface area contributed by atoms with Crippen molar-refractivity contribution < 1.29 is 21.2 Å². The maximum absolute atomic E-state index is 13.8. The van der Waals surface area contributed by atoms with Gasteiger partial charge in [0, 0.05) is 25.4 Å². The molecular formula is C11H15FN2O4S2. The number of nitrogens with two attached hydrogens (primary N) is 1. The summed E-state index contributed by atoms with van der Waals surface area (Å²) in [6, 6.07) is 2.56. The van der Waals surface area contributed by atoms with E-state index in [0.29, 0.717) is 6.42 Å². The third-order valence-electron chi connectivity index (χ3n) is 3.13. The predicted octanol–water partition coefficient (Wildman–Crippen LogP) is -0.0491. The zero-order valence-electron chi connectivity index (χ0n) is 10.8. The monoisotopic (exact) mass is 322 g/mol. The van der Waals surface area contributed by atoms with Gasteiger partial charge in [-0.15, -0.1) is 0 Å². The average Bonchev–Trinajstić information content (AvgIpc) is 2.74. The van der Waals surface area contributed by atoms with Gasteiger partial charge in [0.05, 0.1) is 4.90 Å². The Morgan fingerprint density at radius 1 is 1.30 bits per heavy atom. The third kappa shape index (κ3) is 2.85. The minimum absolute atomic E-state index is 0.178. The van der Waals surface area contributed by atoms with Gasteiger partial charge in [0.15, 0.2) is 9.84 Å². The lowest BCUT2D eigenvalue weighted by atomic mass is 10.3. The minimum Gasteiger partial charge on any atom is -0.326 e. The van der Waals surface area contributed by atoms with Crippen molar-refractivity contribution in [1.82, 2.24) is 4.31 Å². The van der Waals surface area contributed by atoms with Gasteiger partial charge in [-0.1, -0.05) is 0 Å². The zero-order valence-corrected chi connectivity index (χ0v) is 12.4. The summed E-state index contributed by atoms with van der Waals surface area (Å²) in [5.41, 5.74) is 5.65. The summed E-state index contributed by atoms with van der Waals surface area (Å²) in [6.07, 6.45) is 1.40. The van der Waals surface area contributed by atoms with Crippen molar-refractivity contribution in [3.63, 3.8) is 0 Å². The number of rotatable bonds is 3. The number of hydrogen-bond acceptors (Lipinski definition) is 5. The second-order valence-electron chi connectivity index (χ2n) is 4.78. The Morgan fingerprint density at radius 3 is 2.40 bits per heavy atom. The van der Waals surface area contributed by atoms with Crippen molar-refractivity contribution in [3.05, 3.63) is 24.0 Å². The highest BCUT2D eigenvalue weighted by atomic mass is 32.2. The topological polar surface area (TPSA) is 97.5 Å². The van der Waals surface area contributed by atoms with Gasteiger partial charge in [-0.2, -0.15) is 4.31 Å². The number of sulfone groups is 1. The zero-order chi connectivity index (χ0) is 15.1. The highest BCUT2D eigenvalue weighted by molar-refractivity contribution is 7.90.